The number of ether oxygens (including phenoxy) is 1. The number of aliphatic hydroxyl groups is 1. The van der Waals surface area contributed by atoms with Crippen LogP contribution in [-0.4, -0.2) is 41.9 Å². The monoisotopic (exact) mass is 247 g/mol. The van der Waals surface area contributed by atoms with Gasteiger partial charge in [-0.3, -0.25) is 4.90 Å². The molecule has 0 radical (unpaired) electrons. The minimum absolute atomic E-state index is 0.301. The van der Waals surface area contributed by atoms with Gasteiger partial charge < -0.3 is 9.84 Å². The lowest BCUT2D eigenvalue weighted by molar-refractivity contribution is -0.0590. The van der Waals surface area contributed by atoms with Crippen LogP contribution in [0.1, 0.15) is 18.4 Å². The van der Waals surface area contributed by atoms with E-state index >= 15 is 0 Å². The third kappa shape index (κ3) is 2.44. The molecule has 1 N–H and O–H groups in total. The van der Waals surface area contributed by atoms with Gasteiger partial charge in [-0.05, 0) is 24.3 Å². The van der Waals surface area contributed by atoms with Gasteiger partial charge in [0.2, 0.25) is 0 Å². The van der Waals surface area contributed by atoms with Gasteiger partial charge in [0.15, 0.2) is 0 Å². The van der Waals surface area contributed by atoms with Crippen LogP contribution in [0.2, 0.25) is 0 Å². The van der Waals surface area contributed by atoms with Crippen molar-refractivity contribution in [3.8, 4) is 0 Å². The summed E-state index contributed by atoms with van der Waals surface area (Å²) in [5, 5.41) is 9.31. The Morgan fingerprint density at radius 1 is 1.22 bits per heavy atom. The van der Waals surface area contributed by atoms with E-state index in [0.717, 1.165) is 32.5 Å². The summed E-state index contributed by atoms with van der Waals surface area (Å²) in [6.07, 6.45) is 2.43. The second-order valence-electron chi connectivity index (χ2n) is 5.45. The first kappa shape index (κ1) is 12.2. The summed E-state index contributed by atoms with van der Waals surface area (Å²) in [6.45, 7) is 3.14. The average Bonchev–Trinajstić information content (AvgIpc) is 2.84. The summed E-state index contributed by atoms with van der Waals surface area (Å²) < 4.78 is 5.85. The molecule has 1 aliphatic carbocycles. The number of nitrogens with zero attached hydrogens (tertiary/aromatic N) is 1. The van der Waals surface area contributed by atoms with Crippen LogP contribution >= 0.6 is 0 Å². The third-order valence-electron chi connectivity index (χ3n) is 4.24. The highest BCUT2D eigenvalue weighted by molar-refractivity contribution is 5.15. The van der Waals surface area contributed by atoms with E-state index in [2.05, 4.69) is 35.2 Å². The molecule has 1 aliphatic heterocycles. The molecule has 3 rings (SSSR count). The van der Waals surface area contributed by atoms with E-state index in [-0.39, 0.29) is 0 Å². The van der Waals surface area contributed by atoms with Crippen molar-refractivity contribution in [1.29, 1.82) is 0 Å². The fourth-order valence-corrected chi connectivity index (χ4v) is 3.29. The zero-order valence-corrected chi connectivity index (χ0v) is 10.7. The Balaban J connectivity index is 1.68. The molecule has 1 aromatic carbocycles. The van der Waals surface area contributed by atoms with Crippen LogP contribution in [0.5, 0.6) is 0 Å². The molecular weight excluding hydrogens is 226 g/mol. The van der Waals surface area contributed by atoms with Crippen molar-refractivity contribution in [3.63, 3.8) is 0 Å². The van der Waals surface area contributed by atoms with Gasteiger partial charge in [0.05, 0.1) is 12.7 Å². The highest BCUT2D eigenvalue weighted by atomic mass is 16.5. The summed E-state index contributed by atoms with van der Waals surface area (Å²) in [4.78, 5) is 2.53. The molecule has 1 heterocycles. The third-order valence-corrected chi connectivity index (χ3v) is 4.24. The van der Waals surface area contributed by atoms with Gasteiger partial charge in [-0.2, -0.15) is 0 Å². The van der Waals surface area contributed by atoms with Crippen LogP contribution in [0.4, 0.5) is 0 Å². The normalized spacial score (nSPS) is 32.4. The highest BCUT2D eigenvalue weighted by Gasteiger charge is 2.40. The summed E-state index contributed by atoms with van der Waals surface area (Å²) in [6, 6.07) is 11.1. The maximum atomic E-state index is 9.31. The predicted molar refractivity (Wildman–Crippen MR) is 70.2 cm³/mol. The Hall–Kier alpha value is -0.900. The molecule has 1 aromatic rings. The van der Waals surface area contributed by atoms with Gasteiger partial charge in [-0.25, -0.2) is 0 Å². The van der Waals surface area contributed by atoms with Crippen LogP contribution < -0.4 is 0 Å². The molecule has 98 valence electrons. The van der Waals surface area contributed by atoms with Crippen molar-refractivity contribution in [2.75, 3.05) is 19.8 Å². The standard InChI is InChI=1S/C15H21NO2/c17-11-13-8-14-15(9-13)18-7-6-16(14)10-12-4-2-1-3-5-12/h1-5,13-15,17H,6-11H2/t13-,14+,15?/m1/s1. The Kier molecular flexibility index (Phi) is 3.64. The smallest absolute Gasteiger partial charge is 0.0734 e. The minimum atomic E-state index is 0.301. The van der Waals surface area contributed by atoms with Gasteiger partial charge in [-0.1, -0.05) is 30.3 Å². The molecule has 0 aromatic heterocycles. The molecule has 3 nitrogen and oxygen atoms in total. The van der Waals surface area contributed by atoms with E-state index in [0.29, 0.717) is 24.7 Å². The van der Waals surface area contributed by atoms with Crippen molar-refractivity contribution in [3.05, 3.63) is 35.9 Å². The van der Waals surface area contributed by atoms with Gasteiger partial charge in [-0.15, -0.1) is 0 Å². The maximum Gasteiger partial charge on any atom is 0.0734 e. The van der Waals surface area contributed by atoms with Crippen LogP contribution in [0.3, 0.4) is 0 Å². The average molecular weight is 247 g/mol. The van der Waals surface area contributed by atoms with Gasteiger partial charge >= 0.3 is 0 Å². The minimum Gasteiger partial charge on any atom is -0.396 e. The largest absolute Gasteiger partial charge is 0.396 e. The van der Waals surface area contributed by atoms with E-state index in [1.165, 1.54) is 5.56 Å². The number of aliphatic hydroxyl groups excluding tert-OH is 1. The summed E-state index contributed by atoms with van der Waals surface area (Å²) in [5.41, 5.74) is 1.37. The number of fused-ring (bicyclic) bond motifs is 1. The molecule has 1 saturated carbocycles. The van der Waals surface area contributed by atoms with E-state index in [1.807, 2.05) is 0 Å². The number of morpholine rings is 1. The lowest BCUT2D eigenvalue weighted by atomic mass is 10.1. The lowest BCUT2D eigenvalue weighted by Gasteiger charge is -2.37. The van der Waals surface area contributed by atoms with E-state index in [9.17, 15) is 5.11 Å². The van der Waals surface area contributed by atoms with Crippen molar-refractivity contribution in [2.45, 2.75) is 31.5 Å². The van der Waals surface area contributed by atoms with Crippen molar-refractivity contribution < 1.29 is 9.84 Å². The molecule has 0 bridgehead atoms. The molecule has 0 spiro atoms. The van der Waals surface area contributed by atoms with Crippen LogP contribution in [-0.2, 0) is 11.3 Å². The molecule has 1 unspecified atom stereocenters. The van der Waals surface area contributed by atoms with Crippen molar-refractivity contribution in [1.82, 2.24) is 4.90 Å². The quantitative estimate of drug-likeness (QED) is 0.881. The van der Waals surface area contributed by atoms with Crippen molar-refractivity contribution in [2.24, 2.45) is 5.92 Å². The number of rotatable bonds is 3. The summed E-state index contributed by atoms with van der Waals surface area (Å²) in [7, 11) is 0. The SMILES string of the molecule is OC[C@H]1CC2OCCN(Cc3ccccc3)[C@H]2C1. The Morgan fingerprint density at radius 2 is 2.06 bits per heavy atom. The zero-order valence-electron chi connectivity index (χ0n) is 10.7. The van der Waals surface area contributed by atoms with Crippen LogP contribution in [0.15, 0.2) is 30.3 Å². The number of benzene rings is 1. The Bertz CT molecular complexity index is 381. The second-order valence-corrected chi connectivity index (χ2v) is 5.45. The second kappa shape index (κ2) is 5.39. The molecular formula is C15H21NO2. The van der Waals surface area contributed by atoms with Gasteiger partial charge in [0.1, 0.15) is 0 Å². The fourth-order valence-electron chi connectivity index (χ4n) is 3.29. The molecule has 0 amide bonds. The van der Waals surface area contributed by atoms with E-state index in [1.54, 1.807) is 0 Å². The zero-order chi connectivity index (χ0) is 12.4. The Morgan fingerprint density at radius 3 is 2.83 bits per heavy atom. The molecule has 3 atom stereocenters. The molecule has 2 aliphatic rings. The van der Waals surface area contributed by atoms with Crippen LogP contribution in [0.25, 0.3) is 0 Å². The van der Waals surface area contributed by atoms with Crippen molar-refractivity contribution >= 4 is 0 Å². The molecule has 3 heteroatoms. The lowest BCUT2D eigenvalue weighted by Crippen LogP contribution is -2.47. The summed E-state index contributed by atoms with van der Waals surface area (Å²) in [5.74, 6) is 0.427. The first-order valence-electron chi connectivity index (χ1n) is 6.87. The Labute approximate surface area is 108 Å². The van der Waals surface area contributed by atoms with Gasteiger partial charge in [0, 0.05) is 25.7 Å². The van der Waals surface area contributed by atoms with Crippen LogP contribution in [0, 0.1) is 5.92 Å². The first-order chi connectivity index (χ1) is 8.86. The molecule has 2 fully saturated rings. The van der Waals surface area contributed by atoms with Gasteiger partial charge in [0.25, 0.3) is 0 Å². The van der Waals surface area contributed by atoms with E-state index < -0.39 is 0 Å². The topological polar surface area (TPSA) is 32.7 Å². The number of hydrogen-bond donors (Lipinski definition) is 1. The molecule has 1 saturated heterocycles. The fraction of sp³-hybridized carbons (Fsp3) is 0.600. The number of hydrogen-bond acceptors (Lipinski definition) is 3. The van der Waals surface area contributed by atoms with E-state index in [4.69, 9.17) is 4.74 Å². The maximum absolute atomic E-state index is 9.31. The predicted octanol–water partition coefficient (Wildman–Crippen LogP) is 1.66. The highest BCUT2D eigenvalue weighted by Crippen LogP contribution is 2.34. The first-order valence-corrected chi connectivity index (χ1v) is 6.87. The molecule has 18 heavy (non-hydrogen) atoms. The summed E-state index contributed by atoms with van der Waals surface area (Å²) >= 11 is 0.